The quantitative estimate of drug-likeness (QED) is 0.779. The van der Waals surface area contributed by atoms with Crippen LogP contribution in [0, 0.1) is 0 Å². The molecule has 1 aliphatic heterocycles. The number of carbonyl (C=O) groups excluding carboxylic acids is 4. The van der Waals surface area contributed by atoms with Crippen LogP contribution >= 0.6 is 11.6 Å². The molecule has 0 spiro atoms. The molecule has 4 amide bonds. The summed E-state index contributed by atoms with van der Waals surface area (Å²) in [5.74, 6) is -1.84. The fourth-order valence-electron chi connectivity index (χ4n) is 2.85. The summed E-state index contributed by atoms with van der Waals surface area (Å²) in [6.45, 7) is -0.620. The Bertz CT molecular complexity index is 943. The van der Waals surface area contributed by atoms with Gasteiger partial charge in [0.1, 0.15) is 6.54 Å². The smallest absolute Gasteiger partial charge is 0.261 e. The Kier molecular flexibility index (Phi) is 5.75. The van der Waals surface area contributed by atoms with Crippen molar-refractivity contribution in [3.8, 4) is 0 Å². The van der Waals surface area contributed by atoms with Gasteiger partial charge < -0.3 is 10.2 Å². The number of anilines is 1. The minimum absolute atomic E-state index is 0.0654. The van der Waals surface area contributed by atoms with Gasteiger partial charge in [-0.2, -0.15) is 0 Å². The predicted molar refractivity (Wildman–Crippen MR) is 104 cm³/mol. The Hall–Kier alpha value is -3.19. The van der Waals surface area contributed by atoms with E-state index >= 15 is 0 Å². The number of hydrogen-bond donors (Lipinski definition) is 1. The summed E-state index contributed by atoms with van der Waals surface area (Å²) < 4.78 is 0. The summed E-state index contributed by atoms with van der Waals surface area (Å²) in [7, 11) is 1.44. The lowest BCUT2D eigenvalue weighted by atomic mass is 9.98. The molecule has 0 bridgehead atoms. The van der Waals surface area contributed by atoms with E-state index in [1.807, 2.05) is 0 Å². The van der Waals surface area contributed by atoms with Crippen molar-refractivity contribution in [2.75, 3.05) is 25.5 Å². The summed E-state index contributed by atoms with van der Waals surface area (Å²) in [6.07, 6.45) is 0.0654. The summed E-state index contributed by atoms with van der Waals surface area (Å²) in [6, 6.07) is 13.4. The number of rotatable bonds is 5. The zero-order chi connectivity index (χ0) is 20.3. The fourth-order valence-corrected chi connectivity index (χ4v) is 2.98. The fraction of sp³-hybridized carbons (Fsp3) is 0.200. The molecule has 2 aromatic carbocycles. The van der Waals surface area contributed by atoms with Crippen LogP contribution in [0.15, 0.2) is 48.5 Å². The lowest BCUT2D eigenvalue weighted by Gasteiger charge is -2.28. The molecule has 1 aliphatic rings. The van der Waals surface area contributed by atoms with Crippen molar-refractivity contribution >= 4 is 40.9 Å². The van der Waals surface area contributed by atoms with Gasteiger partial charge in [-0.25, -0.2) is 0 Å². The Labute approximate surface area is 166 Å². The SMILES string of the molecule is CN(CC(=O)Nc1ccc(Cl)cc1)C(=O)CN1C(=O)Cc2ccccc2C1=O. The highest BCUT2D eigenvalue weighted by Crippen LogP contribution is 2.19. The molecule has 3 rings (SSSR count). The minimum Gasteiger partial charge on any atom is -0.335 e. The van der Waals surface area contributed by atoms with E-state index in [1.165, 1.54) is 11.9 Å². The van der Waals surface area contributed by atoms with E-state index in [0.717, 1.165) is 4.90 Å². The van der Waals surface area contributed by atoms with Crippen molar-refractivity contribution < 1.29 is 19.2 Å². The lowest BCUT2D eigenvalue weighted by molar-refractivity contribution is -0.138. The molecule has 0 fully saturated rings. The van der Waals surface area contributed by atoms with Gasteiger partial charge in [0.2, 0.25) is 17.7 Å². The van der Waals surface area contributed by atoms with Gasteiger partial charge in [-0.05, 0) is 35.9 Å². The molecule has 0 saturated carbocycles. The van der Waals surface area contributed by atoms with Crippen molar-refractivity contribution in [2.24, 2.45) is 0 Å². The Morgan fingerprint density at radius 2 is 1.79 bits per heavy atom. The van der Waals surface area contributed by atoms with Crippen molar-refractivity contribution in [1.82, 2.24) is 9.80 Å². The second-order valence-electron chi connectivity index (χ2n) is 6.42. The van der Waals surface area contributed by atoms with Crippen LogP contribution in [0.3, 0.4) is 0 Å². The molecular weight excluding hydrogens is 382 g/mol. The molecule has 0 saturated heterocycles. The molecule has 0 aliphatic carbocycles. The summed E-state index contributed by atoms with van der Waals surface area (Å²) >= 11 is 5.80. The first-order valence-electron chi connectivity index (χ1n) is 8.57. The summed E-state index contributed by atoms with van der Waals surface area (Å²) in [5.41, 5.74) is 1.61. The second-order valence-corrected chi connectivity index (χ2v) is 6.86. The van der Waals surface area contributed by atoms with Crippen LogP contribution in [0.25, 0.3) is 0 Å². The van der Waals surface area contributed by atoms with E-state index in [0.29, 0.717) is 21.8 Å². The number of imide groups is 1. The number of amides is 4. The maximum atomic E-state index is 12.5. The van der Waals surface area contributed by atoms with Gasteiger partial charge in [0.15, 0.2) is 0 Å². The van der Waals surface area contributed by atoms with E-state index in [1.54, 1.807) is 48.5 Å². The maximum absolute atomic E-state index is 12.5. The predicted octanol–water partition coefficient (Wildman–Crippen LogP) is 1.96. The lowest BCUT2D eigenvalue weighted by Crippen LogP contribution is -2.48. The number of fused-ring (bicyclic) bond motifs is 1. The van der Waals surface area contributed by atoms with E-state index in [9.17, 15) is 19.2 Å². The van der Waals surface area contributed by atoms with Gasteiger partial charge in [-0.1, -0.05) is 29.8 Å². The van der Waals surface area contributed by atoms with Crippen LogP contribution in [0.4, 0.5) is 5.69 Å². The Morgan fingerprint density at radius 3 is 2.50 bits per heavy atom. The molecule has 28 heavy (non-hydrogen) atoms. The van der Waals surface area contributed by atoms with Crippen LogP contribution < -0.4 is 5.32 Å². The molecule has 0 aromatic heterocycles. The maximum Gasteiger partial charge on any atom is 0.261 e. The average molecular weight is 400 g/mol. The molecule has 1 N–H and O–H groups in total. The highest BCUT2D eigenvalue weighted by molar-refractivity contribution is 6.30. The van der Waals surface area contributed by atoms with Crippen molar-refractivity contribution in [2.45, 2.75) is 6.42 Å². The largest absolute Gasteiger partial charge is 0.335 e. The number of likely N-dealkylation sites (N-methyl/N-ethyl adjacent to an activating group) is 1. The van der Waals surface area contributed by atoms with Gasteiger partial charge in [0, 0.05) is 23.3 Å². The first-order chi connectivity index (χ1) is 13.3. The zero-order valence-electron chi connectivity index (χ0n) is 15.1. The molecule has 7 nitrogen and oxygen atoms in total. The van der Waals surface area contributed by atoms with E-state index < -0.39 is 30.2 Å². The van der Waals surface area contributed by atoms with Crippen molar-refractivity contribution in [3.05, 3.63) is 64.7 Å². The number of hydrogen-bond acceptors (Lipinski definition) is 4. The van der Waals surface area contributed by atoms with Gasteiger partial charge in [0.05, 0.1) is 13.0 Å². The number of nitrogens with one attached hydrogen (secondary N) is 1. The normalized spacial score (nSPS) is 13.1. The number of halogens is 1. The Morgan fingerprint density at radius 1 is 1.11 bits per heavy atom. The number of nitrogens with zero attached hydrogens (tertiary/aromatic N) is 2. The van der Waals surface area contributed by atoms with Crippen molar-refractivity contribution in [3.63, 3.8) is 0 Å². The molecule has 0 atom stereocenters. The number of carbonyl (C=O) groups is 4. The van der Waals surface area contributed by atoms with Gasteiger partial charge in [-0.3, -0.25) is 24.1 Å². The van der Waals surface area contributed by atoms with Gasteiger partial charge in [0.25, 0.3) is 5.91 Å². The zero-order valence-corrected chi connectivity index (χ0v) is 15.9. The average Bonchev–Trinajstić information content (AvgIpc) is 2.66. The molecular formula is C20H18ClN3O4. The molecule has 144 valence electrons. The molecule has 1 heterocycles. The summed E-state index contributed by atoms with van der Waals surface area (Å²) in [4.78, 5) is 51.4. The van der Waals surface area contributed by atoms with Crippen LogP contribution in [0.1, 0.15) is 15.9 Å². The van der Waals surface area contributed by atoms with Crippen LogP contribution in [-0.2, 0) is 20.8 Å². The molecule has 0 unspecified atom stereocenters. The van der Waals surface area contributed by atoms with Crippen LogP contribution in [-0.4, -0.2) is 53.6 Å². The number of benzene rings is 2. The van der Waals surface area contributed by atoms with Crippen LogP contribution in [0.2, 0.25) is 5.02 Å². The van der Waals surface area contributed by atoms with E-state index in [2.05, 4.69) is 5.32 Å². The Balaban J connectivity index is 1.59. The van der Waals surface area contributed by atoms with Gasteiger partial charge >= 0.3 is 0 Å². The molecule has 2 aromatic rings. The van der Waals surface area contributed by atoms with Crippen LogP contribution in [0.5, 0.6) is 0 Å². The monoisotopic (exact) mass is 399 g/mol. The standard InChI is InChI=1S/C20H18ClN3O4/c1-23(11-17(25)22-15-8-6-14(21)7-9-15)19(27)12-24-18(26)10-13-4-2-3-5-16(13)20(24)28/h2-9H,10-12H2,1H3,(H,22,25). The topological polar surface area (TPSA) is 86.8 Å². The highest BCUT2D eigenvalue weighted by Gasteiger charge is 2.32. The third-order valence-corrected chi connectivity index (χ3v) is 4.62. The first kappa shape index (κ1) is 19.6. The molecule has 0 radical (unpaired) electrons. The highest BCUT2D eigenvalue weighted by atomic mass is 35.5. The third kappa shape index (κ3) is 4.37. The summed E-state index contributed by atoms with van der Waals surface area (Å²) in [5, 5.41) is 3.19. The van der Waals surface area contributed by atoms with Gasteiger partial charge in [-0.15, -0.1) is 0 Å². The second kappa shape index (κ2) is 8.22. The molecule has 8 heteroatoms. The third-order valence-electron chi connectivity index (χ3n) is 4.36. The van der Waals surface area contributed by atoms with E-state index in [-0.39, 0.29) is 13.0 Å². The van der Waals surface area contributed by atoms with E-state index in [4.69, 9.17) is 11.6 Å². The minimum atomic E-state index is -0.507. The first-order valence-corrected chi connectivity index (χ1v) is 8.95. The van der Waals surface area contributed by atoms with Crippen molar-refractivity contribution in [1.29, 1.82) is 0 Å².